The molecule has 2 N–H and O–H groups in total. The summed E-state index contributed by atoms with van der Waals surface area (Å²) in [5, 5.41) is 11.8. The fourth-order valence-corrected chi connectivity index (χ4v) is 2.74. The van der Waals surface area contributed by atoms with Gasteiger partial charge >= 0.3 is 5.97 Å². The number of ether oxygens (including phenoxy) is 1. The molecule has 2 aromatic carbocycles. The lowest BCUT2D eigenvalue weighted by atomic mass is 10.0. The van der Waals surface area contributed by atoms with Gasteiger partial charge in [0.25, 0.3) is 5.91 Å². The second kappa shape index (κ2) is 9.24. The van der Waals surface area contributed by atoms with Gasteiger partial charge in [-0.05, 0) is 43.0 Å². The van der Waals surface area contributed by atoms with E-state index in [9.17, 15) is 14.0 Å². The molecule has 138 valence electrons. The molecule has 0 fully saturated rings. The molecule has 0 aliphatic heterocycles. The first-order chi connectivity index (χ1) is 12.4. The van der Waals surface area contributed by atoms with Gasteiger partial charge in [0.05, 0.1) is 12.5 Å². The number of carbonyl (C=O) groups is 2. The lowest BCUT2D eigenvalue weighted by Crippen LogP contribution is -2.39. The first-order valence-corrected chi connectivity index (χ1v) is 9.20. The highest BCUT2D eigenvalue weighted by atomic mass is 32.2. The van der Waals surface area contributed by atoms with Crippen molar-refractivity contribution in [3.63, 3.8) is 0 Å². The zero-order chi connectivity index (χ0) is 19.1. The minimum Gasteiger partial charge on any atom is -0.481 e. The quantitative estimate of drug-likeness (QED) is 0.687. The summed E-state index contributed by atoms with van der Waals surface area (Å²) in [4.78, 5) is 24.6. The Labute approximate surface area is 155 Å². The molecule has 2 aromatic rings. The molecule has 1 amide bonds. The topological polar surface area (TPSA) is 75.6 Å². The number of hydrogen-bond donors (Lipinski definition) is 2. The standard InChI is InChI=1S/C19H20FNO4S/c1-12(25-17-6-4-3-5-15(17)20)19(24)21-16(11-18(22)23)13-7-9-14(26-2)10-8-13/h3-10,12,16H,11H2,1-2H3,(H,21,24)(H,22,23). The van der Waals surface area contributed by atoms with Crippen molar-refractivity contribution in [2.24, 2.45) is 0 Å². The van der Waals surface area contributed by atoms with Crippen LogP contribution in [0.5, 0.6) is 5.75 Å². The molecule has 0 saturated carbocycles. The van der Waals surface area contributed by atoms with Crippen molar-refractivity contribution in [3.8, 4) is 5.75 Å². The number of para-hydroxylation sites is 1. The van der Waals surface area contributed by atoms with Gasteiger partial charge in [-0.2, -0.15) is 0 Å². The summed E-state index contributed by atoms with van der Waals surface area (Å²) < 4.78 is 19.0. The second-order valence-corrected chi connectivity index (χ2v) is 6.50. The van der Waals surface area contributed by atoms with Crippen molar-refractivity contribution in [2.75, 3.05) is 6.26 Å². The SMILES string of the molecule is CSc1ccc(C(CC(=O)O)NC(=O)C(C)Oc2ccccc2F)cc1. The molecule has 0 saturated heterocycles. The van der Waals surface area contributed by atoms with Crippen LogP contribution in [0, 0.1) is 5.82 Å². The number of aliphatic carboxylic acids is 1. The highest BCUT2D eigenvalue weighted by Gasteiger charge is 2.23. The van der Waals surface area contributed by atoms with Crippen LogP contribution in [0.3, 0.4) is 0 Å². The summed E-state index contributed by atoms with van der Waals surface area (Å²) >= 11 is 1.57. The molecule has 0 aliphatic rings. The lowest BCUT2D eigenvalue weighted by molar-refractivity contribution is -0.138. The van der Waals surface area contributed by atoms with Crippen molar-refractivity contribution in [1.29, 1.82) is 0 Å². The van der Waals surface area contributed by atoms with E-state index in [2.05, 4.69) is 5.32 Å². The molecular weight excluding hydrogens is 357 g/mol. The van der Waals surface area contributed by atoms with Crippen LogP contribution in [0.1, 0.15) is 24.9 Å². The van der Waals surface area contributed by atoms with Gasteiger partial charge in [0.2, 0.25) is 0 Å². The van der Waals surface area contributed by atoms with Crippen molar-refractivity contribution in [1.82, 2.24) is 5.32 Å². The highest BCUT2D eigenvalue weighted by Crippen LogP contribution is 2.22. The number of hydrogen-bond acceptors (Lipinski definition) is 4. The Bertz CT molecular complexity index is 766. The normalized spacial score (nSPS) is 12.9. The van der Waals surface area contributed by atoms with Gasteiger partial charge in [-0.1, -0.05) is 24.3 Å². The number of carboxylic acids is 1. The zero-order valence-electron chi connectivity index (χ0n) is 14.4. The molecule has 2 rings (SSSR count). The summed E-state index contributed by atoms with van der Waals surface area (Å²) in [5.74, 6) is -2.16. The number of amides is 1. The van der Waals surface area contributed by atoms with E-state index < -0.39 is 29.8 Å². The molecule has 26 heavy (non-hydrogen) atoms. The summed E-state index contributed by atoms with van der Waals surface area (Å²) in [7, 11) is 0. The number of halogens is 1. The van der Waals surface area contributed by atoms with Crippen LogP contribution in [0.15, 0.2) is 53.4 Å². The Kier molecular flexibility index (Phi) is 7.03. The monoisotopic (exact) mass is 377 g/mol. The molecule has 0 heterocycles. The predicted octanol–water partition coefficient (Wildman–Crippen LogP) is 3.65. The second-order valence-electron chi connectivity index (χ2n) is 5.62. The van der Waals surface area contributed by atoms with Crippen molar-refractivity contribution in [2.45, 2.75) is 30.4 Å². The maximum absolute atomic E-state index is 13.6. The first-order valence-electron chi connectivity index (χ1n) is 7.98. The van der Waals surface area contributed by atoms with Crippen LogP contribution in [0.25, 0.3) is 0 Å². The van der Waals surface area contributed by atoms with Crippen molar-refractivity contribution in [3.05, 3.63) is 59.9 Å². The number of carbonyl (C=O) groups excluding carboxylic acids is 1. The summed E-state index contributed by atoms with van der Waals surface area (Å²) in [6.07, 6.45) is 0.693. The smallest absolute Gasteiger partial charge is 0.305 e. The van der Waals surface area contributed by atoms with Crippen LogP contribution >= 0.6 is 11.8 Å². The van der Waals surface area contributed by atoms with E-state index >= 15 is 0 Å². The zero-order valence-corrected chi connectivity index (χ0v) is 15.3. The van der Waals surface area contributed by atoms with Gasteiger partial charge in [-0.25, -0.2) is 4.39 Å². The summed E-state index contributed by atoms with van der Waals surface area (Å²) in [6.45, 7) is 1.48. The van der Waals surface area contributed by atoms with E-state index in [1.54, 1.807) is 30.0 Å². The average Bonchev–Trinajstić information content (AvgIpc) is 2.62. The summed E-state index contributed by atoms with van der Waals surface area (Å²) in [6, 6.07) is 12.4. The molecule has 0 aliphatic carbocycles. The fourth-order valence-electron chi connectivity index (χ4n) is 2.34. The Hall–Kier alpha value is -2.54. The van der Waals surface area contributed by atoms with Crippen LogP contribution in [0.2, 0.25) is 0 Å². The lowest BCUT2D eigenvalue weighted by Gasteiger charge is -2.21. The number of nitrogens with one attached hydrogen (secondary N) is 1. The Morgan fingerprint density at radius 2 is 1.85 bits per heavy atom. The van der Waals surface area contributed by atoms with Gasteiger partial charge in [0, 0.05) is 4.90 Å². The van der Waals surface area contributed by atoms with Crippen LogP contribution in [-0.2, 0) is 9.59 Å². The van der Waals surface area contributed by atoms with Crippen LogP contribution in [-0.4, -0.2) is 29.3 Å². The fraction of sp³-hybridized carbons (Fsp3) is 0.263. The third kappa shape index (κ3) is 5.49. The van der Waals surface area contributed by atoms with E-state index in [4.69, 9.17) is 9.84 Å². The molecular formula is C19H20FNO4S. The number of benzene rings is 2. The van der Waals surface area contributed by atoms with Gasteiger partial charge < -0.3 is 15.2 Å². The molecule has 2 atom stereocenters. The van der Waals surface area contributed by atoms with Crippen molar-refractivity contribution >= 4 is 23.6 Å². The van der Waals surface area contributed by atoms with E-state index in [1.165, 1.54) is 25.1 Å². The average molecular weight is 377 g/mol. The molecule has 5 nitrogen and oxygen atoms in total. The first kappa shape index (κ1) is 19.8. The van der Waals surface area contributed by atoms with Crippen LogP contribution in [0.4, 0.5) is 4.39 Å². The molecule has 0 spiro atoms. The van der Waals surface area contributed by atoms with E-state index in [-0.39, 0.29) is 12.2 Å². The third-order valence-electron chi connectivity index (χ3n) is 3.72. The van der Waals surface area contributed by atoms with Crippen LogP contribution < -0.4 is 10.1 Å². The molecule has 0 bridgehead atoms. The maximum atomic E-state index is 13.6. The molecule has 0 aromatic heterocycles. The minimum atomic E-state index is -1.04. The number of carboxylic acid groups (broad SMARTS) is 1. The van der Waals surface area contributed by atoms with Gasteiger partial charge in [0.1, 0.15) is 0 Å². The van der Waals surface area contributed by atoms with Crippen molar-refractivity contribution < 1.29 is 23.8 Å². The molecule has 2 unspecified atom stereocenters. The molecule has 7 heteroatoms. The summed E-state index contributed by atoms with van der Waals surface area (Å²) in [5.41, 5.74) is 0.677. The van der Waals surface area contributed by atoms with Gasteiger partial charge in [-0.3, -0.25) is 9.59 Å². The Morgan fingerprint density at radius 1 is 1.19 bits per heavy atom. The van der Waals surface area contributed by atoms with E-state index in [0.717, 1.165) is 4.90 Å². The Balaban J connectivity index is 2.09. The maximum Gasteiger partial charge on any atom is 0.305 e. The van der Waals surface area contributed by atoms with E-state index in [1.807, 2.05) is 18.4 Å². The third-order valence-corrected chi connectivity index (χ3v) is 4.47. The predicted molar refractivity (Wildman–Crippen MR) is 97.8 cm³/mol. The Morgan fingerprint density at radius 3 is 2.42 bits per heavy atom. The van der Waals surface area contributed by atoms with Gasteiger partial charge in [0.15, 0.2) is 17.7 Å². The largest absolute Gasteiger partial charge is 0.481 e. The highest BCUT2D eigenvalue weighted by molar-refractivity contribution is 7.98. The molecule has 0 radical (unpaired) electrons. The minimum absolute atomic E-state index is 0.0331. The number of thioether (sulfide) groups is 1. The number of rotatable bonds is 8. The van der Waals surface area contributed by atoms with E-state index in [0.29, 0.717) is 5.56 Å². The van der Waals surface area contributed by atoms with Gasteiger partial charge in [-0.15, -0.1) is 11.8 Å².